The van der Waals surface area contributed by atoms with Crippen molar-refractivity contribution in [1.82, 2.24) is 15.0 Å². The van der Waals surface area contributed by atoms with Gasteiger partial charge in [-0.15, -0.1) is 5.10 Å². The Morgan fingerprint density at radius 3 is 2.38 bits per heavy atom. The number of hydrogen-bond acceptors (Lipinski definition) is 3. The maximum Gasteiger partial charge on any atom is 0.156 e. The monoisotopic (exact) mass is 389 g/mol. The Labute approximate surface area is 163 Å². The summed E-state index contributed by atoms with van der Waals surface area (Å²) in [5, 5.41) is 9.93. The summed E-state index contributed by atoms with van der Waals surface area (Å²) in [6.07, 6.45) is 7.52. The minimum absolute atomic E-state index is 0.351. The molecule has 0 atom stereocenters. The van der Waals surface area contributed by atoms with Gasteiger partial charge in [0.15, 0.2) is 5.75 Å². The fraction of sp³-hybridized carbons (Fsp3) is 0.400. The number of nitrogens with zero attached hydrogens (tertiary/aromatic N) is 3. The minimum atomic E-state index is 0.351. The Kier molecular flexibility index (Phi) is 5.32. The van der Waals surface area contributed by atoms with Crippen LogP contribution in [0, 0.1) is 0 Å². The zero-order chi connectivity index (χ0) is 17.9. The topological polar surface area (TPSA) is 39.9 Å². The molecular formula is C20H21Cl2N3O. The van der Waals surface area contributed by atoms with Gasteiger partial charge in [-0.25, -0.2) is 4.68 Å². The highest BCUT2D eigenvalue weighted by molar-refractivity contribution is 6.37. The van der Waals surface area contributed by atoms with Crippen LogP contribution >= 0.6 is 23.2 Å². The first-order valence-corrected chi connectivity index (χ1v) is 9.89. The maximum atomic E-state index is 6.19. The van der Waals surface area contributed by atoms with Gasteiger partial charge >= 0.3 is 0 Å². The highest BCUT2D eigenvalue weighted by atomic mass is 35.5. The van der Waals surface area contributed by atoms with Crippen LogP contribution in [0.3, 0.4) is 0 Å². The van der Waals surface area contributed by atoms with E-state index in [0.717, 1.165) is 16.6 Å². The summed E-state index contributed by atoms with van der Waals surface area (Å²) < 4.78 is 8.00. The van der Waals surface area contributed by atoms with E-state index in [1.54, 1.807) is 18.2 Å². The molecule has 0 aliphatic heterocycles. The van der Waals surface area contributed by atoms with Crippen LogP contribution in [0.4, 0.5) is 0 Å². The van der Waals surface area contributed by atoms with E-state index < -0.39 is 0 Å². The van der Waals surface area contributed by atoms with Gasteiger partial charge in [0, 0.05) is 5.56 Å². The Morgan fingerprint density at radius 2 is 1.65 bits per heavy atom. The number of aromatic nitrogens is 3. The van der Waals surface area contributed by atoms with Gasteiger partial charge < -0.3 is 4.74 Å². The van der Waals surface area contributed by atoms with Crippen molar-refractivity contribution >= 4 is 34.2 Å². The summed E-state index contributed by atoms with van der Waals surface area (Å²) in [7, 11) is 0. The molecule has 1 saturated carbocycles. The third-order valence-corrected chi connectivity index (χ3v) is 5.64. The lowest BCUT2D eigenvalue weighted by atomic mass is 10.1. The molecule has 26 heavy (non-hydrogen) atoms. The van der Waals surface area contributed by atoms with Gasteiger partial charge in [0.2, 0.25) is 0 Å². The van der Waals surface area contributed by atoms with Crippen LogP contribution in [0.2, 0.25) is 10.0 Å². The van der Waals surface area contributed by atoms with Crippen molar-refractivity contribution < 1.29 is 4.74 Å². The molecule has 136 valence electrons. The Bertz CT molecular complexity index is 881. The van der Waals surface area contributed by atoms with E-state index in [1.165, 1.54) is 38.5 Å². The normalized spacial score (nSPS) is 15.9. The summed E-state index contributed by atoms with van der Waals surface area (Å²) in [4.78, 5) is 0. The zero-order valence-electron chi connectivity index (χ0n) is 14.5. The van der Waals surface area contributed by atoms with Gasteiger partial charge in [-0.1, -0.05) is 72.3 Å². The SMILES string of the molecule is Clc1cccc(Cl)c1OCc1cccc2c1nnn2C1CCCCCC1. The van der Waals surface area contributed by atoms with E-state index in [1.807, 2.05) is 12.1 Å². The number of halogens is 2. The minimum Gasteiger partial charge on any atom is -0.486 e. The summed E-state index contributed by atoms with van der Waals surface area (Å²) in [6.45, 7) is 0.351. The number of rotatable bonds is 4. The number of para-hydroxylation sites is 1. The molecule has 1 aromatic heterocycles. The van der Waals surface area contributed by atoms with Crippen molar-refractivity contribution in [2.75, 3.05) is 0 Å². The van der Waals surface area contributed by atoms with E-state index in [-0.39, 0.29) is 0 Å². The first kappa shape index (κ1) is 17.6. The van der Waals surface area contributed by atoms with Gasteiger partial charge in [-0.05, 0) is 31.0 Å². The van der Waals surface area contributed by atoms with Crippen LogP contribution in [0.1, 0.15) is 50.1 Å². The van der Waals surface area contributed by atoms with Crippen LogP contribution in [-0.4, -0.2) is 15.0 Å². The number of ether oxygens (including phenoxy) is 1. The molecule has 1 fully saturated rings. The first-order chi connectivity index (χ1) is 12.7. The van der Waals surface area contributed by atoms with Gasteiger partial charge in [0.25, 0.3) is 0 Å². The van der Waals surface area contributed by atoms with Crippen LogP contribution in [0.5, 0.6) is 5.75 Å². The summed E-state index contributed by atoms with van der Waals surface area (Å²) in [6, 6.07) is 11.9. The number of benzene rings is 2. The molecule has 4 rings (SSSR count). The molecule has 0 N–H and O–H groups in total. The second-order valence-corrected chi connectivity index (χ2v) is 7.62. The molecule has 0 saturated heterocycles. The average Bonchev–Trinajstić information content (AvgIpc) is 2.89. The lowest BCUT2D eigenvalue weighted by Crippen LogP contribution is -2.09. The molecule has 3 aromatic rings. The highest BCUT2D eigenvalue weighted by Crippen LogP contribution is 2.34. The average molecular weight is 390 g/mol. The predicted octanol–water partition coefficient (Wildman–Crippen LogP) is 6.21. The predicted molar refractivity (Wildman–Crippen MR) is 105 cm³/mol. The number of hydrogen-bond donors (Lipinski definition) is 0. The molecule has 2 aromatic carbocycles. The second-order valence-electron chi connectivity index (χ2n) is 6.80. The Hall–Kier alpha value is -1.78. The van der Waals surface area contributed by atoms with Crippen molar-refractivity contribution in [3.63, 3.8) is 0 Å². The molecule has 0 amide bonds. The summed E-state index contributed by atoms with van der Waals surface area (Å²) in [5.41, 5.74) is 2.95. The maximum absolute atomic E-state index is 6.19. The summed E-state index contributed by atoms with van der Waals surface area (Å²) in [5.74, 6) is 0.504. The molecule has 1 aliphatic carbocycles. The Balaban J connectivity index is 1.60. The quantitative estimate of drug-likeness (QED) is 0.497. The third kappa shape index (κ3) is 3.53. The molecular weight excluding hydrogens is 369 g/mol. The van der Waals surface area contributed by atoms with Crippen molar-refractivity contribution in [2.24, 2.45) is 0 Å². The molecule has 0 radical (unpaired) electrons. The molecule has 0 unspecified atom stereocenters. The van der Waals surface area contributed by atoms with Gasteiger partial charge in [0.1, 0.15) is 12.1 Å². The molecule has 0 bridgehead atoms. The van der Waals surface area contributed by atoms with Crippen LogP contribution < -0.4 is 4.74 Å². The third-order valence-electron chi connectivity index (χ3n) is 5.05. The van der Waals surface area contributed by atoms with E-state index in [9.17, 15) is 0 Å². The van der Waals surface area contributed by atoms with E-state index in [0.29, 0.717) is 28.4 Å². The fourth-order valence-corrected chi connectivity index (χ4v) is 4.18. The molecule has 1 aliphatic rings. The molecule has 0 spiro atoms. The van der Waals surface area contributed by atoms with Gasteiger partial charge in [-0.2, -0.15) is 0 Å². The van der Waals surface area contributed by atoms with Gasteiger partial charge in [0.05, 0.1) is 21.6 Å². The first-order valence-electron chi connectivity index (χ1n) is 9.13. The van der Waals surface area contributed by atoms with Crippen molar-refractivity contribution in [1.29, 1.82) is 0 Å². The smallest absolute Gasteiger partial charge is 0.156 e. The van der Waals surface area contributed by atoms with Gasteiger partial charge in [-0.3, -0.25) is 0 Å². The molecule has 1 heterocycles. The molecule has 6 heteroatoms. The second kappa shape index (κ2) is 7.85. The van der Waals surface area contributed by atoms with Crippen LogP contribution in [0.15, 0.2) is 36.4 Å². The van der Waals surface area contributed by atoms with Crippen molar-refractivity contribution in [3.05, 3.63) is 52.0 Å². The fourth-order valence-electron chi connectivity index (χ4n) is 3.68. The zero-order valence-corrected chi connectivity index (χ0v) is 16.0. The van der Waals surface area contributed by atoms with Crippen molar-refractivity contribution in [2.45, 2.75) is 51.2 Å². The Morgan fingerprint density at radius 1 is 0.962 bits per heavy atom. The van der Waals surface area contributed by atoms with Crippen LogP contribution in [0.25, 0.3) is 11.0 Å². The molecule has 4 nitrogen and oxygen atoms in total. The van der Waals surface area contributed by atoms with E-state index >= 15 is 0 Å². The van der Waals surface area contributed by atoms with E-state index in [2.05, 4.69) is 21.1 Å². The standard InChI is InChI=1S/C20H21Cl2N3O/c21-16-10-6-11-17(22)20(16)26-13-14-7-5-12-18-19(14)23-24-25(18)15-8-3-1-2-4-9-15/h5-7,10-12,15H,1-4,8-9,13H2. The lowest BCUT2D eigenvalue weighted by molar-refractivity contribution is 0.308. The highest BCUT2D eigenvalue weighted by Gasteiger charge is 2.19. The van der Waals surface area contributed by atoms with Crippen LogP contribution in [-0.2, 0) is 6.61 Å². The van der Waals surface area contributed by atoms with E-state index in [4.69, 9.17) is 27.9 Å². The lowest BCUT2D eigenvalue weighted by Gasteiger charge is -2.15. The summed E-state index contributed by atoms with van der Waals surface area (Å²) >= 11 is 12.4. The number of fused-ring (bicyclic) bond motifs is 1. The largest absolute Gasteiger partial charge is 0.486 e. The van der Waals surface area contributed by atoms with Crippen molar-refractivity contribution in [3.8, 4) is 5.75 Å².